The fraction of sp³-hybridized carbons (Fsp3) is 0.538. The Morgan fingerprint density at radius 3 is 2.33 bits per heavy atom. The molecule has 0 bridgehead atoms. The van der Waals surface area contributed by atoms with Crippen LogP contribution in [0.15, 0.2) is 30.3 Å². The number of hydrogen-bond donors (Lipinski definition) is 1. The van der Waals surface area contributed by atoms with Gasteiger partial charge in [0, 0.05) is 25.0 Å². The van der Waals surface area contributed by atoms with Crippen LogP contribution in [0.3, 0.4) is 0 Å². The maximum atomic E-state index is 12.6. The van der Waals surface area contributed by atoms with Gasteiger partial charge < -0.3 is 5.73 Å². The van der Waals surface area contributed by atoms with E-state index >= 15 is 0 Å². The number of halogens is 3. The van der Waals surface area contributed by atoms with Crippen molar-refractivity contribution in [2.75, 3.05) is 26.4 Å². The maximum absolute atomic E-state index is 12.6. The Bertz CT molecular complexity index is 346. The highest BCUT2D eigenvalue weighted by atomic mass is 35.5. The first-order chi connectivity index (χ1) is 8.26. The lowest BCUT2D eigenvalue weighted by atomic mass is 9.95. The van der Waals surface area contributed by atoms with E-state index in [4.69, 9.17) is 5.73 Å². The van der Waals surface area contributed by atoms with E-state index < -0.39 is 19.4 Å². The second-order valence-corrected chi connectivity index (χ2v) is 4.60. The maximum Gasteiger partial charge on any atom is 0.107 e. The second-order valence-electron chi connectivity index (χ2n) is 4.60. The van der Waals surface area contributed by atoms with E-state index in [2.05, 4.69) is 0 Å². The van der Waals surface area contributed by atoms with E-state index in [9.17, 15) is 8.78 Å². The summed E-state index contributed by atoms with van der Waals surface area (Å²) >= 11 is 0. The number of rotatable bonds is 4. The van der Waals surface area contributed by atoms with Crippen LogP contribution in [0, 0.1) is 0 Å². The number of nitrogens with zero attached hydrogens (tertiary/aromatic N) is 1. The summed E-state index contributed by atoms with van der Waals surface area (Å²) in [5, 5.41) is 0. The summed E-state index contributed by atoms with van der Waals surface area (Å²) < 4.78 is 25.3. The highest BCUT2D eigenvalue weighted by molar-refractivity contribution is 5.85. The first-order valence-electron chi connectivity index (χ1n) is 5.92. The van der Waals surface area contributed by atoms with E-state index in [1.807, 2.05) is 35.2 Å². The molecule has 2 atom stereocenters. The molecule has 0 radical (unpaired) electrons. The van der Waals surface area contributed by atoms with E-state index in [0.29, 0.717) is 13.1 Å². The largest absolute Gasteiger partial charge is 0.326 e. The third kappa shape index (κ3) is 3.19. The van der Waals surface area contributed by atoms with Gasteiger partial charge in [0.05, 0.1) is 6.04 Å². The Balaban J connectivity index is 0.00000162. The molecule has 1 saturated heterocycles. The molecule has 2 nitrogen and oxygen atoms in total. The van der Waals surface area contributed by atoms with Crippen LogP contribution in [0.5, 0.6) is 0 Å². The predicted octanol–water partition coefficient (Wildman–Crippen LogP) is 2.14. The number of benzene rings is 1. The highest BCUT2D eigenvalue weighted by Gasteiger charge is 2.34. The molecule has 0 unspecified atom stereocenters. The van der Waals surface area contributed by atoms with Gasteiger partial charge in [0.25, 0.3) is 0 Å². The van der Waals surface area contributed by atoms with E-state index in [0.717, 1.165) is 5.56 Å². The molecule has 102 valence electrons. The Morgan fingerprint density at radius 2 is 1.78 bits per heavy atom. The van der Waals surface area contributed by atoms with Crippen molar-refractivity contribution in [2.24, 2.45) is 5.73 Å². The summed E-state index contributed by atoms with van der Waals surface area (Å²) in [6.45, 7) is -0.0861. The molecular formula is C13H19ClF2N2. The zero-order chi connectivity index (χ0) is 12.3. The van der Waals surface area contributed by atoms with Gasteiger partial charge in [-0.25, -0.2) is 8.78 Å². The average molecular weight is 277 g/mol. The van der Waals surface area contributed by atoms with Gasteiger partial charge in [-0.1, -0.05) is 30.3 Å². The van der Waals surface area contributed by atoms with Crippen LogP contribution in [-0.4, -0.2) is 43.4 Å². The smallest absolute Gasteiger partial charge is 0.107 e. The van der Waals surface area contributed by atoms with Crippen molar-refractivity contribution in [2.45, 2.75) is 18.0 Å². The van der Waals surface area contributed by atoms with E-state index in [-0.39, 0.29) is 24.4 Å². The minimum Gasteiger partial charge on any atom is -0.326 e. The lowest BCUT2D eigenvalue weighted by Crippen LogP contribution is -2.38. The molecule has 0 aliphatic carbocycles. The van der Waals surface area contributed by atoms with Crippen molar-refractivity contribution < 1.29 is 8.78 Å². The van der Waals surface area contributed by atoms with Crippen LogP contribution in [0.1, 0.15) is 11.5 Å². The Hall–Kier alpha value is -0.710. The Labute approximate surface area is 113 Å². The van der Waals surface area contributed by atoms with Crippen LogP contribution < -0.4 is 5.73 Å². The van der Waals surface area contributed by atoms with Crippen LogP contribution in [-0.2, 0) is 0 Å². The van der Waals surface area contributed by atoms with Gasteiger partial charge in [0.15, 0.2) is 0 Å². The molecule has 2 N–H and O–H groups in total. The molecule has 1 heterocycles. The van der Waals surface area contributed by atoms with Gasteiger partial charge in [0.2, 0.25) is 0 Å². The lowest BCUT2D eigenvalue weighted by Gasteiger charge is -2.22. The van der Waals surface area contributed by atoms with E-state index in [1.54, 1.807) is 0 Å². The molecule has 1 aromatic carbocycles. The SMILES string of the molecule is Cl.N[C@H]1CN(C(CF)CF)C[C@@H]1c1ccccc1. The minimum absolute atomic E-state index is 0. The zero-order valence-corrected chi connectivity index (χ0v) is 11.0. The summed E-state index contributed by atoms with van der Waals surface area (Å²) in [6, 6.07) is 9.25. The van der Waals surface area contributed by atoms with E-state index in [1.165, 1.54) is 0 Å². The number of nitrogens with two attached hydrogens (primary N) is 1. The summed E-state index contributed by atoms with van der Waals surface area (Å²) in [6.07, 6.45) is 0. The normalized spacial score (nSPS) is 24.2. The molecule has 1 aliphatic rings. The summed E-state index contributed by atoms with van der Waals surface area (Å²) in [5.41, 5.74) is 7.21. The average Bonchev–Trinajstić information content (AvgIpc) is 2.74. The molecule has 0 aromatic heterocycles. The second kappa shape index (κ2) is 7.02. The topological polar surface area (TPSA) is 29.3 Å². The molecule has 1 aliphatic heterocycles. The van der Waals surface area contributed by atoms with Crippen LogP contribution in [0.4, 0.5) is 8.78 Å². The molecule has 1 fully saturated rings. The highest BCUT2D eigenvalue weighted by Crippen LogP contribution is 2.27. The van der Waals surface area contributed by atoms with Gasteiger partial charge in [-0.2, -0.15) is 0 Å². The molecule has 1 aromatic rings. The number of alkyl halides is 2. The third-order valence-corrected chi connectivity index (χ3v) is 3.49. The Kier molecular flexibility index (Phi) is 5.99. The molecule has 0 saturated carbocycles. The van der Waals surface area contributed by atoms with Crippen molar-refractivity contribution in [3.05, 3.63) is 35.9 Å². The van der Waals surface area contributed by atoms with Gasteiger partial charge >= 0.3 is 0 Å². The lowest BCUT2D eigenvalue weighted by molar-refractivity contribution is 0.164. The first kappa shape index (κ1) is 15.3. The predicted molar refractivity (Wildman–Crippen MR) is 71.7 cm³/mol. The molecule has 5 heteroatoms. The molecule has 18 heavy (non-hydrogen) atoms. The van der Waals surface area contributed by atoms with Crippen LogP contribution >= 0.6 is 12.4 Å². The first-order valence-corrected chi connectivity index (χ1v) is 5.92. The summed E-state index contributed by atoms with van der Waals surface area (Å²) in [7, 11) is 0. The van der Waals surface area contributed by atoms with Crippen molar-refractivity contribution in [3.63, 3.8) is 0 Å². The molecule has 0 spiro atoms. The quantitative estimate of drug-likeness (QED) is 0.913. The molecule has 2 rings (SSSR count). The number of likely N-dealkylation sites (tertiary alicyclic amines) is 1. The van der Waals surface area contributed by atoms with Gasteiger partial charge in [-0.15, -0.1) is 12.4 Å². The standard InChI is InChI=1S/C13H18F2N2.ClH/c14-6-11(7-15)17-8-12(13(16)9-17)10-4-2-1-3-5-10;/h1-5,11-13H,6-9,16H2;1H/t12-,13+;/m1./s1. The van der Waals surface area contributed by atoms with Gasteiger partial charge in [0.1, 0.15) is 13.3 Å². The monoisotopic (exact) mass is 276 g/mol. The van der Waals surface area contributed by atoms with Crippen LogP contribution in [0.25, 0.3) is 0 Å². The Morgan fingerprint density at radius 1 is 1.17 bits per heavy atom. The molecular weight excluding hydrogens is 258 g/mol. The minimum atomic E-state index is -0.648. The van der Waals surface area contributed by atoms with Gasteiger partial charge in [-0.3, -0.25) is 4.90 Å². The van der Waals surface area contributed by atoms with Gasteiger partial charge in [-0.05, 0) is 5.56 Å². The van der Waals surface area contributed by atoms with Crippen molar-refractivity contribution in [1.29, 1.82) is 0 Å². The van der Waals surface area contributed by atoms with Crippen molar-refractivity contribution in [1.82, 2.24) is 4.90 Å². The molecule has 0 amide bonds. The third-order valence-electron chi connectivity index (χ3n) is 3.49. The number of hydrogen-bond acceptors (Lipinski definition) is 2. The van der Waals surface area contributed by atoms with Crippen molar-refractivity contribution >= 4 is 12.4 Å². The van der Waals surface area contributed by atoms with Crippen molar-refractivity contribution in [3.8, 4) is 0 Å². The zero-order valence-electron chi connectivity index (χ0n) is 10.1. The fourth-order valence-electron chi connectivity index (χ4n) is 2.45. The fourth-order valence-corrected chi connectivity index (χ4v) is 2.45. The summed E-state index contributed by atoms with van der Waals surface area (Å²) in [5.74, 6) is 0.178. The van der Waals surface area contributed by atoms with Crippen LogP contribution in [0.2, 0.25) is 0 Å². The summed E-state index contributed by atoms with van der Waals surface area (Å²) in [4.78, 5) is 1.82.